The Kier molecular flexibility index (Phi) is 3.92. The van der Waals surface area contributed by atoms with E-state index in [1.54, 1.807) is 6.92 Å². The number of amides is 1. The average Bonchev–Trinajstić information content (AvgIpc) is 2.98. The lowest BCUT2D eigenvalue weighted by Gasteiger charge is -2.27. The van der Waals surface area contributed by atoms with Gasteiger partial charge in [-0.2, -0.15) is 4.68 Å². The zero-order valence-electron chi connectivity index (χ0n) is 11.5. The summed E-state index contributed by atoms with van der Waals surface area (Å²) in [5.74, 6) is -1.67. The number of carbonyl (C=O) groups is 2. The van der Waals surface area contributed by atoms with Gasteiger partial charge in [-0.1, -0.05) is 6.42 Å². The third-order valence-electron chi connectivity index (χ3n) is 3.90. The van der Waals surface area contributed by atoms with E-state index in [2.05, 4.69) is 10.4 Å². The largest absolute Gasteiger partial charge is 0.481 e. The van der Waals surface area contributed by atoms with Crippen molar-refractivity contribution in [2.24, 2.45) is 5.41 Å². The minimum absolute atomic E-state index is 0.181. The summed E-state index contributed by atoms with van der Waals surface area (Å²) in [5.41, 5.74) is -0.966. The predicted octanol–water partition coefficient (Wildman–Crippen LogP) is 0.551. The van der Waals surface area contributed by atoms with E-state index in [4.69, 9.17) is 0 Å². The maximum absolute atomic E-state index is 11.9. The van der Waals surface area contributed by atoms with Crippen molar-refractivity contribution >= 4 is 17.7 Å². The molecule has 1 heterocycles. The molecule has 0 radical (unpaired) electrons. The third kappa shape index (κ3) is 3.01. The number of nitrogens with zero attached hydrogens (tertiary/aromatic N) is 3. The van der Waals surface area contributed by atoms with Gasteiger partial charge in [0.25, 0.3) is 0 Å². The van der Waals surface area contributed by atoms with Crippen LogP contribution < -0.4 is 5.32 Å². The summed E-state index contributed by atoms with van der Waals surface area (Å²) in [7, 11) is 0. The Labute approximate surface area is 120 Å². The molecular formula is C12H16N4O5. The molecule has 2 unspecified atom stereocenters. The molecular weight excluding hydrogens is 280 g/mol. The normalized spacial score (nSPS) is 24.7. The van der Waals surface area contributed by atoms with Gasteiger partial charge in [-0.05, 0) is 24.7 Å². The van der Waals surface area contributed by atoms with Crippen molar-refractivity contribution in [2.75, 3.05) is 0 Å². The molecule has 1 aliphatic carbocycles. The molecule has 2 atom stereocenters. The Bertz CT molecular complexity index is 584. The van der Waals surface area contributed by atoms with Crippen LogP contribution in [0.1, 0.15) is 26.2 Å². The van der Waals surface area contributed by atoms with Crippen molar-refractivity contribution in [3.8, 4) is 0 Å². The molecule has 1 aromatic rings. The summed E-state index contributed by atoms with van der Waals surface area (Å²) in [6.07, 6.45) is 3.19. The maximum atomic E-state index is 11.9. The van der Waals surface area contributed by atoms with Gasteiger partial charge in [0.05, 0.1) is 22.8 Å². The summed E-state index contributed by atoms with van der Waals surface area (Å²) >= 11 is 0. The number of carboxylic acid groups (broad SMARTS) is 1. The van der Waals surface area contributed by atoms with Crippen LogP contribution in [0.5, 0.6) is 0 Å². The SMILES string of the molecule is CC1(C(=O)O)CCCC1NC(=O)Cn1ccc([N+](=O)[O-])n1. The average molecular weight is 296 g/mol. The third-order valence-corrected chi connectivity index (χ3v) is 3.90. The highest BCUT2D eigenvalue weighted by Gasteiger charge is 2.45. The number of aromatic nitrogens is 2. The van der Waals surface area contributed by atoms with Crippen LogP contribution in [0.4, 0.5) is 5.82 Å². The molecule has 1 aromatic heterocycles. The van der Waals surface area contributed by atoms with Gasteiger partial charge in [0.2, 0.25) is 5.91 Å². The fourth-order valence-corrected chi connectivity index (χ4v) is 2.58. The number of aliphatic carboxylic acids is 1. The van der Waals surface area contributed by atoms with Crippen molar-refractivity contribution in [1.29, 1.82) is 0 Å². The standard InChI is InChI=1S/C12H16N4O5/c1-12(11(18)19)5-2-3-8(12)13-10(17)7-15-6-4-9(14-15)16(20)21/h4,6,8H,2-3,5,7H2,1H3,(H,13,17)(H,18,19). The van der Waals surface area contributed by atoms with Gasteiger partial charge >= 0.3 is 11.8 Å². The first-order valence-electron chi connectivity index (χ1n) is 6.53. The molecule has 0 saturated heterocycles. The summed E-state index contributed by atoms with van der Waals surface area (Å²) in [6, 6.07) is 0.762. The number of nitrogens with one attached hydrogen (secondary N) is 1. The van der Waals surface area contributed by atoms with E-state index < -0.39 is 28.3 Å². The van der Waals surface area contributed by atoms with Gasteiger partial charge in [0, 0.05) is 6.04 Å². The fraction of sp³-hybridized carbons (Fsp3) is 0.583. The lowest BCUT2D eigenvalue weighted by atomic mass is 9.85. The number of hydrogen-bond acceptors (Lipinski definition) is 5. The monoisotopic (exact) mass is 296 g/mol. The first kappa shape index (κ1) is 14.9. The Morgan fingerprint density at radius 2 is 2.38 bits per heavy atom. The van der Waals surface area contributed by atoms with Gasteiger partial charge in [-0.25, -0.2) is 0 Å². The molecule has 0 aromatic carbocycles. The molecule has 1 aliphatic rings. The fourth-order valence-electron chi connectivity index (χ4n) is 2.58. The minimum atomic E-state index is -0.966. The van der Waals surface area contributed by atoms with E-state index >= 15 is 0 Å². The minimum Gasteiger partial charge on any atom is -0.481 e. The zero-order chi connectivity index (χ0) is 15.6. The Morgan fingerprint density at radius 3 is 2.95 bits per heavy atom. The molecule has 9 nitrogen and oxygen atoms in total. The van der Waals surface area contributed by atoms with Crippen molar-refractivity contribution < 1.29 is 19.6 Å². The second kappa shape index (κ2) is 5.51. The molecule has 2 rings (SSSR count). The van der Waals surface area contributed by atoms with Crippen LogP contribution in [0.3, 0.4) is 0 Å². The lowest BCUT2D eigenvalue weighted by molar-refractivity contribution is -0.389. The quantitative estimate of drug-likeness (QED) is 0.603. The van der Waals surface area contributed by atoms with E-state index in [0.717, 1.165) is 11.1 Å². The number of rotatable bonds is 5. The Hall–Kier alpha value is -2.45. The zero-order valence-corrected chi connectivity index (χ0v) is 11.5. The first-order chi connectivity index (χ1) is 9.83. The molecule has 21 heavy (non-hydrogen) atoms. The maximum Gasteiger partial charge on any atom is 0.389 e. The summed E-state index contributed by atoms with van der Waals surface area (Å²) in [4.78, 5) is 33.1. The second-order valence-electron chi connectivity index (χ2n) is 5.36. The van der Waals surface area contributed by atoms with Gasteiger partial charge in [-0.15, -0.1) is 0 Å². The molecule has 1 fully saturated rings. The van der Waals surface area contributed by atoms with Crippen LogP contribution in [0.15, 0.2) is 12.3 Å². The topological polar surface area (TPSA) is 127 Å². The van der Waals surface area contributed by atoms with Gasteiger partial charge in [0.1, 0.15) is 6.54 Å². The molecule has 0 aliphatic heterocycles. The summed E-state index contributed by atoms with van der Waals surface area (Å²) < 4.78 is 1.15. The van der Waals surface area contributed by atoms with E-state index in [1.165, 1.54) is 12.3 Å². The highest BCUT2D eigenvalue weighted by molar-refractivity contribution is 5.80. The van der Waals surface area contributed by atoms with Crippen LogP contribution in [-0.4, -0.2) is 37.7 Å². The Morgan fingerprint density at radius 1 is 1.67 bits per heavy atom. The van der Waals surface area contributed by atoms with Crippen LogP contribution in [0.2, 0.25) is 0 Å². The highest BCUT2D eigenvalue weighted by Crippen LogP contribution is 2.38. The second-order valence-corrected chi connectivity index (χ2v) is 5.36. The molecule has 1 amide bonds. The summed E-state index contributed by atoms with van der Waals surface area (Å²) in [6.45, 7) is 1.44. The summed E-state index contributed by atoms with van der Waals surface area (Å²) in [5, 5.41) is 26.1. The number of carbonyl (C=O) groups excluding carboxylic acids is 1. The lowest BCUT2D eigenvalue weighted by Crippen LogP contribution is -2.47. The highest BCUT2D eigenvalue weighted by atomic mass is 16.6. The number of hydrogen-bond donors (Lipinski definition) is 2. The smallest absolute Gasteiger partial charge is 0.389 e. The predicted molar refractivity (Wildman–Crippen MR) is 70.4 cm³/mol. The van der Waals surface area contributed by atoms with Gasteiger partial charge in [-0.3, -0.25) is 9.59 Å². The van der Waals surface area contributed by atoms with Crippen LogP contribution in [0, 0.1) is 15.5 Å². The van der Waals surface area contributed by atoms with Crippen molar-refractivity contribution in [2.45, 2.75) is 38.8 Å². The molecule has 2 N–H and O–H groups in total. The first-order valence-corrected chi connectivity index (χ1v) is 6.53. The van der Waals surface area contributed by atoms with E-state index in [-0.39, 0.29) is 12.4 Å². The number of nitro groups is 1. The molecule has 0 spiro atoms. The van der Waals surface area contributed by atoms with Gasteiger partial charge in [0.15, 0.2) is 0 Å². The van der Waals surface area contributed by atoms with E-state index in [1.807, 2.05) is 0 Å². The van der Waals surface area contributed by atoms with E-state index in [9.17, 15) is 24.8 Å². The van der Waals surface area contributed by atoms with Crippen molar-refractivity contribution in [3.05, 3.63) is 22.4 Å². The Balaban J connectivity index is 1.98. The van der Waals surface area contributed by atoms with Crippen LogP contribution in [-0.2, 0) is 16.1 Å². The molecule has 9 heteroatoms. The van der Waals surface area contributed by atoms with Crippen molar-refractivity contribution in [3.63, 3.8) is 0 Å². The van der Waals surface area contributed by atoms with Gasteiger partial charge < -0.3 is 20.5 Å². The van der Waals surface area contributed by atoms with E-state index in [0.29, 0.717) is 12.8 Å². The van der Waals surface area contributed by atoms with Crippen LogP contribution >= 0.6 is 0 Å². The number of carboxylic acids is 1. The van der Waals surface area contributed by atoms with Crippen LogP contribution in [0.25, 0.3) is 0 Å². The molecule has 1 saturated carbocycles. The van der Waals surface area contributed by atoms with Crippen molar-refractivity contribution in [1.82, 2.24) is 15.1 Å². The molecule has 0 bridgehead atoms. The molecule has 114 valence electrons.